The van der Waals surface area contributed by atoms with Crippen LogP contribution in [-0.2, 0) is 9.59 Å². The molecule has 0 aliphatic carbocycles. The van der Waals surface area contributed by atoms with E-state index in [-0.39, 0.29) is 5.91 Å². The third kappa shape index (κ3) is 6.19. The SMILES string of the molecule is CCC(=O)CCCCCC(=O)N1CCN(c2ccc(Cl)c(Cl)c2)CC1. The van der Waals surface area contributed by atoms with E-state index >= 15 is 0 Å². The lowest BCUT2D eigenvalue weighted by molar-refractivity contribution is -0.131. The number of amides is 1. The van der Waals surface area contributed by atoms with E-state index in [0.717, 1.165) is 51.1 Å². The van der Waals surface area contributed by atoms with Gasteiger partial charge in [0.05, 0.1) is 10.0 Å². The molecule has 138 valence electrons. The summed E-state index contributed by atoms with van der Waals surface area (Å²) in [4.78, 5) is 27.7. The molecule has 0 N–H and O–H groups in total. The highest BCUT2D eigenvalue weighted by Gasteiger charge is 2.21. The van der Waals surface area contributed by atoms with Crippen molar-refractivity contribution in [1.82, 2.24) is 4.90 Å². The lowest BCUT2D eigenvalue weighted by atomic mass is 10.1. The first kappa shape index (κ1) is 20.1. The van der Waals surface area contributed by atoms with Gasteiger partial charge >= 0.3 is 0 Å². The fraction of sp³-hybridized carbons (Fsp3) is 0.579. The number of hydrogen-bond acceptors (Lipinski definition) is 3. The maximum Gasteiger partial charge on any atom is 0.222 e. The molecule has 1 amide bonds. The average Bonchev–Trinajstić information content (AvgIpc) is 2.63. The summed E-state index contributed by atoms with van der Waals surface area (Å²) in [6.45, 7) is 4.95. The summed E-state index contributed by atoms with van der Waals surface area (Å²) < 4.78 is 0. The Morgan fingerprint density at radius 1 is 0.960 bits per heavy atom. The van der Waals surface area contributed by atoms with Crippen molar-refractivity contribution in [2.45, 2.75) is 45.4 Å². The molecule has 0 saturated carbocycles. The Morgan fingerprint density at radius 2 is 1.64 bits per heavy atom. The van der Waals surface area contributed by atoms with Gasteiger partial charge in [0, 0.05) is 51.1 Å². The molecular weight excluding hydrogens is 359 g/mol. The van der Waals surface area contributed by atoms with Gasteiger partial charge in [-0.15, -0.1) is 0 Å². The molecule has 25 heavy (non-hydrogen) atoms. The quantitative estimate of drug-likeness (QED) is 0.616. The van der Waals surface area contributed by atoms with E-state index in [4.69, 9.17) is 23.2 Å². The molecule has 0 spiro atoms. The van der Waals surface area contributed by atoms with Gasteiger partial charge in [-0.3, -0.25) is 9.59 Å². The van der Waals surface area contributed by atoms with E-state index < -0.39 is 0 Å². The van der Waals surface area contributed by atoms with Gasteiger partial charge in [0.1, 0.15) is 5.78 Å². The Labute approximate surface area is 160 Å². The predicted molar refractivity (Wildman–Crippen MR) is 104 cm³/mol. The second kappa shape index (κ2) is 10.0. The van der Waals surface area contributed by atoms with Crippen LogP contribution in [0.4, 0.5) is 5.69 Å². The number of hydrogen-bond donors (Lipinski definition) is 0. The van der Waals surface area contributed by atoms with E-state index in [0.29, 0.717) is 35.1 Å². The number of benzene rings is 1. The van der Waals surface area contributed by atoms with Gasteiger partial charge in [-0.2, -0.15) is 0 Å². The van der Waals surface area contributed by atoms with Crippen molar-refractivity contribution in [3.63, 3.8) is 0 Å². The molecule has 0 radical (unpaired) electrons. The number of anilines is 1. The Bertz CT molecular complexity index is 599. The van der Waals surface area contributed by atoms with Gasteiger partial charge in [0.25, 0.3) is 0 Å². The van der Waals surface area contributed by atoms with Crippen molar-refractivity contribution >= 4 is 40.6 Å². The van der Waals surface area contributed by atoms with Gasteiger partial charge in [0.15, 0.2) is 0 Å². The predicted octanol–water partition coefficient (Wildman–Crippen LogP) is 4.57. The molecule has 1 fully saturated rings. The lowest BCUT2D eigenvalue weighted by Crippen LogP contribution is -2.48. The Kier molecular flexibility index (Phi) is 8.04. The number of carbonyl (C=O) groups excluding carboxylic acids is 2. The van der Waals surface area contributed by atoms with Crippen LogP contribution in [0.15, 0.2) is 18.2 Å². The van der Waals surface area contributed by atoms with E-state index in [9.17, 15) is 9.59 Å². The summed E-state index contributed by atoms with van der Waals surface area (Å²) in [7, 11) is 0. The Morgan fingerprint density at radius 3 is 2.28 bits per heavy atom. The molecule has 0 aromatic heterocycles. The molecule has 1 saturated heterocycles. The van der Waals surface area contributed by atoms with E-state index in [1.165, 1.54) is 0 Å². The van der Waals surface area contributed by atoms with Crippen molar-refractivity contribution in [1.29, 1.82) is 0 Å². The van der Waals surface area contributed by atoms with Crippen LogP contribution in [0.1, 0.15) is 45.4 Å². The smallest absolute Gasteiger partial charge is 0.222 e. The zero-order chi connectivity index (χ0) is 18.2. The second-order valence-electron chi connectivity index (χ2n) is 6.42. The van der Waals surface area contributed by atoms with Crippen molar-refractivity contribution in [2.24, 2.45) is 0 Å². The summed E-state index contributed by atoms with van der Waals surface area (Å²) >= 11 is 12.0. The maximum absolute atomic E-state index is 12.3. The molecule has 0 atom stereocenters. The van der Waals surface area contributed by atoms with Gasteiger partial charge in [0.2, 0.25) is 5.91 Å². The van der Waals surface area contributed by atoms with Gasteiger partial charge in [-0.1, -0.05) is 36.5 Å². The van der Waals surface area contributed by atoms with Crippen LogP contribution in [0.5, 0.6) is 0 Å². The molecule has 1 aliphatic heterocycles. The molecule has 1 heterocycles. The normalized spacial score (nSPS) is 14.7. The van der Waals surface area contributed by atoms with Crippen molar-refractivity contribution in [3.8, 4) is 0 Å². The molecule has 6 heteroatoms. The molecule has 0 unspecified atom stereocenters. The molecule has 1 aliphatic rings. The third-order valence-corrected chi connectivity index (χ3v) is 5.38. The Balaban J connectivity index is 1.69. The number of ketones is 1. The van der Waals surface area contributed by atoms with Gasteiger partial charge < -0.3 is 9.80 Å². The molecule has 1 aromatic carbocycles. The zero-order valence-corrected chi connectivity index (χ0v) is 16.3. The minimum absolute atomic E-state index is 0.218. The van der Waals surface area contributed by atoms with E-state index in [2.05, 4.69) is 4.90 Å². The highest BCUT2D eigenvalue weighted by atomic mass is 35.5. The first-order chi connectivity index (χ1) is 12.0. The second-order valence-corrected chi connectivity index (χ2v) is 7.23. The summed E-state index contributed by atoms with van der Waals surface area (Å²) in [6, 6.07) is 5.64. The average molecular weight is 385 g/mol. The number of Topliss-reactive ketones (excluding diaryl/α,β-unsaturated/α-hetero) is 1. The number of nitrogens with zero attached hydrogens (tertiary/aromatic N) is 2. The summed E-state index contributed by atoms with van der Waals surface area (Å²) in [5, 5.41) is 1.11. The first-order valence-electron chi connectivity index (χ1n) is 9.00. The highest BCUT2D eigenvalue weighted by Crippen LogP contribution is 2.27. The van der Waals surface area contributed by atoms with Crippen LogP contribution in [-0.4, -0.2) is 42.8 Å². The monoisotopic (exact) mass is 384 g/mol. The van der Waals surface area contributed by atoms with Gasteiger partial charge in [-0.05, 0) is 31.0 Å². The number of unbranched alkanes of at least 4 members (excludes halogenated alkanes) is 2. The largest absolute Gasteiger partial charge is 0.368 e. The number of piperazine rings is 1. The molecule has 2 rings (SSSR count). The molecule has 0 bridgehead atoms. The third-order valence-electron chi connectivity index (χ3n) is 4.64. The van der Waals surface area contributed by atoms with Crippen molar-refractivity contribution in [3.05, 3.63) is 28.2 Å². The summed E-state index contributed by atoms with van der Waals surface area (Å²) in [5.74, 6) is 0.528. The van der Waals surface area contributed by atoms with Crippen LogP contribution in [0.2, 0.25) is 10.0 Å². The van der Waals surface area contributed by atoms with Crippen LogP contribution >= 0.6 is 23.2 Å². The van der Waals surface area contributed by atoms with E-state index in [1.54, 1.807) is 6.07 Å². The van der Waals surface area contributed by atoms with Crippen LogP contribution < -0.4 is 4.90 Å². The molecule has 4 nitrogen and oxygen atoms in total. The molecular formula is C19H26Cl2N2O2. The minimum atomic E-state index is 0.218. The standard InChI is InChI=1S/C19H26Cl2N2O2/c1-2-16(24)6-4-3-5-7-19(25)23-12-10-22(11-13-23)15-8-9-17(20)18(21)14-15/h8-9,14H,2-7,10-13H2,1H3. The fourth-order valence-electron chi connectivity index (χ4n) is 3.01. The van der Waals surface area contributed by atoms with E-state index in [1.807, 2.05) is 24.0 Å². The first-order valence-corrected chi connectivity index (χ1v) is 9.76. The van der Waals surface area contributed by atoms with Crippen LogP contribution in [0.3, 0.4) is 0 Å². The minimum Gasteiger partial charge on any atom is -0.368 e. The van der Waals surface area contributed by atoms with Gasteiger partial charge in [-0.25, -0.2) is 0 Å². The Hall–Kier alpha value is -1.26. The summed E-state index contributed by atoms with van der Waals surface area (Å²) in [5.41, 5.74) is 1.04. The van der Waals surface area contributed by atoms with Crippen molar-refractivity contribution in [2.75, 3.05) is 31.1 Å². The van der Waals surface area contributed by atoms with Crippen LogP contribution in [0, 0.1) is 0 Å². The lowest BCUT2D eigenvalue weighted by Gasteiger charge is -2.36. The van der Waals surface area contributed by atoms with Crippen molar-refractivity contribution < 1.29 is 9.59 Å². The summed E-state index contributed by atoms with van der Waals surface area (Å²) in [6.07, 6.45) is 4.54. The topological polar surface area (TPSA) is 40.6 Å². The number of carbonyl (C=O) groups is 2. The molecule has 1 aromatic rings. The number of rotatable bonds is 8. The number of halogens is 2. The zero-order valence-electron chi connectivity index (χ0n) is 14.8. The highest BCUT2D eigenvalue weighted by molar-refractivity contribution is 6.42. The maximum atomic E-state index is 12.3. The fourth-order valence-corrected chi connectivity index (χ4v) is 3.30. The van der Waals surface area contributed by atoms with Crippen LogP contribution in [0.25, 0.3) is 0 Å².